The van der Waals surface area contributed by atoms with Crippen LogP contribution in [0.3, 0.4) is 0 Å². The van der Waals surface area contributed by atoms with Crippen LogP contribution < -0.4 is 0 Å². The Labute approximate surface area is 86.0 Å². The van der Waals surface area contributed by atoms with Crippen LogP contribution in [0.2, 0.25) is 0 Å². The van der Waals surface area contributed by atoms with Gasteiger partial charge in [-0.05, 0) is 20.3 Å². The van der Waals surface area contributed by atoms with E-state index in [-0.39, 0.29) is 11.9 Å². The van der Waals surface area contributed by atoms with Gasteiger partial charge in [-0.2, -0.15) is 5.26 Å². The summed E-state index contributed by atoms with van der Waals surface area (Å²) in [6.45, 7) is 9.70. The van der Waals surface area contributed by atoms with Crippen molar-refractivity contribution in [1.82, 2.24) is 4.90 Å². The Kier molecular flexibility index (Phi) is 5.62. The number of nitriles is 1. The molecule has 0 radical (unpaired) electrons. The van der Waals surface area contributed by atoms with Gasteiger partial charge in [0.25, 0.3) is 0 Å². The quantitative estimate of drug-likeness (QED) is 0.629. The first-order valence-electron chi connectivity index (χ1n) is 4.90. The number of carbonyl (C=O) groups excluding carboxylic acids is 1. The molecule has 3 heteroatoms. The number of nitrogens with zero attached hydrogens (tertiary/aromatic N) is 2. The van der Waals surface area contributed by atoms with Gasteiger partial charge in [-0.15, -0.1) is 0 Å². The fourth-order valence-electron chi connectivity index (χ4n) is 1.11. The summed E-state index contributed by atoms with van der Waals surface area (Å²) in [6.07, 6.45) is 1.93. The van der Waals surface area contributed by atoms with E-state index >= 15 is 0 Å². The van der Waals surface area contributed by atoms with Crippen molar-refractivity contribution < 1.29 is 4.79 Å². The molecule has 0 spiro atoms. The van der Waals surface area contributed by atoms with Gasteiger partial charge in [0.1, 0.15) is 6.04 Å². The van der Waals surface area contributed by atoms with E-state index in [1.165, 1.54) is 0 Å². The molecule has 0 aromatic rings. The molecule has 0 saturated carbocycles. The second-order valence-electron chi connectivity index (χ2n) is 3.44. The highest BCUT2D eigenvalue weighted by atomic mass is 16.2. The number of carbonyl (C=O) groups is 1. The number of rotatable bonds is 5. The van der Waals surface area contributed by atoms with Crippen molar-refractivity contribution in [2.45, 2.75) is 39.7 Å². The van der Waals surface area contributed by atoms with E-state index in [4.69, 9.17) is 5.26 Å². The van der Waals surface area contributed by atoms with E-state index in [1.807, 2.05) is 0 Å². The zero-order chi connectivity index (χ0) is 11.1. The highest BCUT2D eigenvalue weighted by molar-refractivity contribution is 5.92. The Hall–Kier alpha value is -1.30. The van der Waals surface area contributed by atoms with Crippen LogP contribution in [0.25, 0.3) is 0 Å². The molecular formula is C11H18N2O. The Morgan fingerprint density at radius 3 is 2.57 bits per heavy atom. The van der Waals surface area contributed by atoms with Gasteiger partial charge in [0, 0.05) is 12.1 Å². The van der Waals surface area contributed by atoms with Gasteiger partial charge in [-0.3, -0.25) is 4.79 Å². The largest absolute Gasteiger partial charge is 0.323 e. The zero-order valence-electron chi connectivity index (χ0n) is 9.21. The van der Waals surface area contributed by atoms with Crippen LogP contribution in [0.5, 0.6) is 0 Å². The summed E-state index contributed by atoms with van der Waals surface area (Å²) in [4.78, 5) is 13.2. The summed E-state index contributed by atoms with van der Waals surface area (Å²) in [5.41, 5.74) is 0.489. The molecule has 0 saturated heterocycles. The highest BCUT2D eigenvalue weighted by Crippen LogP contribution is 2.06. The van der Waals surface area contributed by atoms with E-state index < -0.39 is 0 Å². The number of hydrogen-bond donors (Lipinski definition) is 0. The van der Waals surface area contributed by atoms with Crippen LogP contribution in [-0.2, 0) is 4.79 Å². The lowest BCUT2D eigenvalue weighted by molar-refractivity contribution is -0.128. The lowest BCUT2D eigenvalue weighted by Gasteiger charge is -2.24. The topological polar surface area (TPSA) is 44.1 Å². The molecular weight excluding hydrogens is 176 g/mol. The van der Waals surface area contributed by atoms with Crippen molar-refractivity contribution in [3.05, 3.63) is 12.2 Å². The van der Waals surface area contributed by atoms with Gasteiger partial charge in [0.05, 0.1) is 6.07 Å². The SMILES string of the molecule is C=C(C)C(=O)N(CCCC)C(C)C#N. The molecule has 78 valence electrons. The third-order valence-corrected chi connectivity index (χ3v) is 2.03. The molecule has 0 aromatic carbocycles. The summed E-state index contributed by atoms with van der Waals surface area (Å²) >= 11 is 0. The first-order chi connectivity index (χ1) is 6.54. The molecule has 3 nitrogen and oxygen atoms in total. The molecule has 0 N–H and O–H groups in total. The molecule has 0 aliphatic rings. The maximum absolute atomic E-state index is 11.6. The van der Waals surface area contributed by atoms with Gasteiger partial charge >= 0.3 is 0 Å². The van der Waals surface area contributed by atoms with E-state index in [1.54, 1.807) is 18.7 Å². The third-order valence-electron chi connectivity index (χ3n) is 2.03. The third kappa shape index (κ3) is 3.61. The van der Waals surface area contributed by atoms with Gasteiger partial charge in [-0.25, -0.2) is 0 Å². The second kappa shape index (κ2) is 6.20. The second-order valence-corrected chi connectivity index (χ2v) is 3.44. The standard InChI is InChI=1S/C11H18N2O/c1-5-6-7-13(10(4)8-12)11(14)9(2)3/h10H,2,5-7H2,1,3-4H3. The molecule has 0 heterocycles. The summed E-state index contributed by atoms with van der Waals surface area (Å²) in [6, 6.07) is 1.70. The van der Waals surface area contributed by atoms with Crippen LogP contribution in [0.1, 0.15) is 33.6 Å². The van der Waals surface area contributed by atoms with E-state index in [9.17, 15) is 4.79 Å². The van der Waals surface area contributed by atoms with Crippen molar-refractivity contribution >= 4 is 5.91 Å². The van der Waals surface area contributed by atoms with Gasteiger partial charge in [0.15, 0.2) is 0 Å². The first-order valence-corrected chi connectivity index (χ1v) is 4.90. The Balaban J connectivity index is 4.48. The van der Waals surface area contributed by atoms with Crippen LogP contribution in [0.15, 0.2) is 12.2 Å². The molecule has 14 heavy (non-hydrogen) atoms. The average molecular weight is 194 g/mol. The number of amides is 1. The molecule has 0 aliphatic heterocycles. The highest BCUT2D eigenvalue weighted by Gasteiger charge is 2.19. The summed E-state index contributed by atoms with van der Waals surface area (Å²) < 4.78 is 0. The molecule has 0 bridgehead atoms. The average Bonchev–Trinajstić information content (AvgIpc) is 2.17. The number of unbranched alkanes of at least 4 members (excludes halogenated alkanes) is 1. The van der Waals surface area contributed by atoms with Crippen LogP contribution in [0, 0.1) is 11.3 Å². The minimum atomic E-state index is -0.370. The predicted octanol–water partition coefficient (Wildman–Crippen LogP) is 2.10. The van der Waals surface area contributed by atoms with Crippen molar-refractivity contribution in [2.24, 2.45) is 0 Å². The molecule has 1 amide bonds. The lowest BCUT2D eigenvalue weighted by Crippen LogP contribution is -2.38. The van der Waals surface area contributed by atoms with Gasteiger partial charge < -0.3 is 4.90 Å². The van der Waals surface area contributed by atoms with Crippen molar-refractivity contribution in [2.75, 3.05) is 6.54 Å². The molecule has 1 atom stereocenters. The maximum Gasteiger partial charge on any atom is 0.249 e. The predicted molar refractivity (Wildman–Crippen MR) is 56.5 cm³/mol. The van der Waals surface area contributed by atoms with E-state index in [0.29, 0.717) is 12.1 Å². The van der Waals surface area contributed by atoms with Crippen molar-refractivity contribution in [3.63, 3.8) is 0 Å². The first kappa shape index (κ1) is 12.7. The summed E-state index contributed by atoms with van der Waals surface area (Å²) in [7, 11) is 0. The Bertz CT molecular complexity index is 253. The van der Waals surface area contributed by atoms with E-state index in [0.717, 1.165) is 12.8 Å². The summed E-state index contributed by atoms with van der Waals surface area (Å²) in [5.74, 6) is -0.118. The molecule has 0 aromatic heterocycles. The van der Waals surface area contributed by atoms with E-state index in [2.05, 4.69) is 19.6 Å². The fraction of sp³-hybridized carbons (Fsp3) is 0.636. The Morgan fingerprint density at radius 2 is 2.21 bits per heavy atom. The minimum Gasteiger partial charge on any atom is -0.323 e. The van der Waals surface area contributed by atoms with Crippen LogP contribution >= 0.6 is 0 Å². The van der Waals surface area contributed by atoms with Crippen LogP contribution in [0.4, 0.5) is 0 Å². The molecule has 0 aliphatic carbocycles. The summed E-state index contributed by atoms with van der Waals surface area (Å²) in [5, 5.41) is 8.76. The number of hydrogen-bond acceptors (Lipinski definition) is 2. The molecule has 0 fully saturated rings. The minimum absolute atomic E-state index is 0.118. The maximum atomic E-state index is 11.6. The fourth-order valence-corrected chi connectivity index (χ4v) is 1.11. The van der Waals surface area contributed by atoms with Crippen LogP contribution in [-0.4, -0.2) is 23.4 Å². The normalized spacial score (nSPS) is 11.6. The van der Waals surface area contributed by atoms with Crippen molar-refractivity contribution in [3.8, 4) is 6.07 Å². The Morgan fingerprint density at radius 1 is 1.64 bits per heavy atom. The monoisotopic (exact) mass is 194 g/mol. The smallest absolute Gasteiger partial charge is 0.249 e. The lowest BCUT2D eigenvalue weighted by atomic mass is 10.2. The van der Waals surface area contributed by atoms with Crippen molar-refractivity contribution in [1.29, 1.82) is 5.26 Å². The van der Waals surface area contributed by atoms with Gasteiger partial charge in [0.2, 0.25) is 5.91 Å². The van der Waals surface area contributed by atoms with Gasteiger partial charge in [-0.1, -0.05) is 19.9 Å². The molecule has 1 unspecified atom stereocenters. The molecule has 0 rings (SSSR count). The zero-order valence-corrected chi connectivity index (χ0v) is 9.21.